The van der Waals surface area contributed by atoms with Gasteiger partial charge in [0.05, 0.1) is 0 Å². The van der Waals surface area contributed by atoms with Crippen LogP contribution in [-0.4, -0.2) is 13.1 Å². The standard InChI is InChI=1S/C15H29N/c1-11-8-9-14(10-12(11)2)15(16-3)13-6-4-5-7-13/h11-16H,4-10H2,1-3H3. The van der Waals surface area contributed by atoms with Gasteiger partial charge in [-0.25, -0.2) is 0 Å². The lowest BCUT2D eigenvalue weighted by Gasteiger charge is -2.39. The summed E-state index contributed by atoms with van der Waals surface area (Å²) in [5.74, 6) is 3.84. The van der Waals surface area contributed by atoms with Crippen molar-refractivity contribution in [1.82, 2.24) is 5.32 Å². The summed E-state index contributed by atoms with van der Waals surface area (Å²) in [6, 6.07) is 0.817. The minimum absolute atomic E-state index is 0.817. The number of rotatable bonds is 3. The van der Waals surface area contributed by atoms with Crippen LogP contribution in [0.5, 0.6) is 0 Å². The van der Waals surface area contributed by atoms with Crippen molar-refractivity contribution in [2.24, 2.45) is 23.7 Å². The monoisotopic (exact) mass is 223 g/mol. The molecule has 0 amide bonds. The molecule has 2 aliphatic rings. The summed E-state index contributed by atoms with van der Waals surface area (Å²) in [4.78, 5) is 0. The summed E-state index contributed by atoms with van der Waals surface area (Å²) in [5, 5.41) is 3.65. The third kappa shape index (κ3) is 2.61. The van der Waals surface area contributed by atoms with Crippen molar-refractivity contribution in [3.63, 3.8) is 0 Å². The van der Waals surface area contributed by atoms with Crippen molar-refractivity contribution < 1.29 is 0 Å². The Morgan fingerprint density at radius 1 is 0.875 bits per heavy atom. The Hall–Kier alpha value is -0.0400. The van der Waals surface area contributed by atoms with Gasteiger partial charge in [-0.15, -0.1) is 0 Å². The average Bonchev–Trinajstić information content (AvgIpc) is 2.78. The minimum Gasteiger partial charge on any atom is -0.316 e. The molecule has 2 fully saturated rings. The van der Waals surface area contributed by atoms with Crippen molar-refractivity contribution in [3.05, 3.63) is 0 Å². The molecule has 0 radical (unpaired) electrons. The average molecular weight is 223 g/mol. The van der Waals surface area contributed by atoms with Gasteiger partial charge >= 0.3 is 0 Å². The number of nitrogens with one attached hydrogen (secondary N) is 1. The topological polar surface area (TPSA) is 12.0 Å². The summed E-state index contributed by atoms with van der Waals surface area (Å²) in [6.45, 7) is 4.89. The fourth-order valence-electron chi connectivity index (χ4n) is 4.09. The van der Waals surface area contributed by atoms with Gasteiger partial charge in [0.25, 0.3) is 0 Å². The highest BCUT2D eigenvalue weighted by Crippen LogP contribution is 2.40. The summed E-state index contributed by atoms with van der Waals surface area (Å²) in [6.07, 6.45) is 10.3. The van der Waals surface area contributed by atoms with Gasteiger partial charge < -0.3 is 5.32 Å². The van der Waals surface area contributed by atoms with Gasteiger partial charge in [-0.05, 0) is 56.4 Å². The third-order valence-corrected chi connectivity index (χ3v) is 5.39. The normalized spacial score (nSPS) is 38.8. The maximum atomic E-state index is 3.65. The fraction of sp³-hybridized carbons (Fsp3) is 1.00. The van der Waals surface area contributed by atoms with Crippen LogP contribution in [0.1, 0.15) is 58.8 Å². The van der Waals surface area contributed by atoms with Crippen molar-refractivity contribution in [3.8, 4) is 0 Å². The van der Waals surface area contributed by atoms with Crippen LogP contribution in [0, 0.1) is 23.7 Å². The Morgan fingerprint density at radius 2 is 1.56 bits per heavy atom. The second-order valence-corrected chi connectivity index (χ2v) is 6.39. The zero-order chi connectivity index (χ0) is 11.5. The van der Waals surface area contributed by atoms with Crippen LogP contribution in [0.2, 0.25) is 0 Å². The predicted octanol–water partition coefficient (Wildman–Crippen LogP) is 3.84. The predicted molar refractivity (Wildman–Crippen MR) is 70.5 cm³/mol. The molecule has 0 saturated heterocycles. The van der Waals surface area contributed by atoms with Crippen molar-refractivity contribution in [2.45, 2.75) is 64.8 Å². The highest BCUT2D eigenvalue weighted by Gasteiger charge is 2.34. The highest BCUT2D eigenvalue weighted by atomic mass is 14.9. The molecule has 0 aromatic rings. The molecule has 0 bridgehead atoms. The van der Waals surface area contributed by atoms with Crippen LogP contribution in [0.3, 0.4) is 0 Å². The van der Waals surface area contributed by atoms with Crippen LogP contribution in [0.15, 0.2) is 0 Å². The Bertz CT molecular complexity index is 207. The van der Waals surface area contributed by atoms with Crippen molar-refractivity contribution in [1.29, 1.82) is 0 Å². The molecule has 1 nitrogen and oxygen atoms in total. The first-order valence-corrected chi connectivity index (χ1v) is 7.39. The maximum absolute atomic E-state index is 3.65. The van der Waals surface area contributed by atoms with Gasteiger partial charge in [0.2, 0.25) is 0 Å². The zero-order valence-corrected chi connectivity index (χ0v) is 11.3. The number of hydrogen-bond acceptors (Lipinski definition) is 1. The van der Waals surface area contributed by atoms with Crippen molar-refractivity contribution >= 4 is 0 Å². The molecule has 2 rings (SSSR count). The van der Waals surface area contributed by atoms with Crippen LogP contribution < -0.4 is 5.32 Å². The van der Waals surface area contributed by atoms with E-state index in [0.29, 0.717) is 0 Å². The largest absolute Gasteiger partial charge is 0.316 e. The molecule has 1 N–H and O–H groups in total. The van der Waals surface area contributed by atoms with Gasteiger partial charge in [-0.2, -0.15) is 0 Å². The van der Waals surface area contributed by atoms with E-state index in [1.807, 2.05) is 0 Å². The molecule has 2 saturated carbocycles. The van der Waals surface area contributed by atoms with Crippen LogP contribution >= 0.6 is 0 Å². The second kappa shape index (κ2) is 5.53. The molecule has 0 heterocycles. The molecule has 16 heavy (non-hydrogen) atoms. The fourth-order valence-corrected chi connectivity index (χ4v) is 4.09. The molecular weight excluding hydrogens is 194 g/mol. The highest BCUT2D eigenvalue weighted by molar-refractivity contribution is 4.89. The van der Waals surface area contributed by atoms with Crippen molar-refractivity contribution in [2.75, 3.05) is 7.05 Å². The summed E-state index contributed by atoms with van der Waals surface area (Å²) in [7, 11) is 2.19. The van der Waals surface area contributed by atoms with E-state index in [1.165, 1.54) is 44.9 Å². The van der Waals surface area contributed by atoms with E-state index in [2.05, 4.69) is 26.2 Å². The first-order valence-electron chi connectivity index (χ1n) is 7.39. The van der Waals surface area contributed by atoms with Crippen LogP contribution in [0.4, 0.5) is 0 Å². The Kier molecular flexibility index (Phi) is 4.29. The first kappa shape index (κ1) is 12.4. The van der Waals surface area contributed by atoms with E-state index in [1.54, 1.807) is 0 Å². The minimum atomic E-state index is 0.817. The van der Waals surface area contributed by atoms with Gasteiger partial charge in [0.1, 0.15) is 0 Å². The lowest BCUT2D eigenvalue weighted by Crippen LogP contribution is -2.42. The van der Waals surface area contributed by atoms with Gasteiger partial charge in [-0.3, -0.25) is 0 Å². The van der Waals surface area contributed by atoms with Gasteiger partial charge in [-0.1, -0.05) is 33.1 Å². The SMILES string of the molecule is CNC(C1CCCC1)C1CCC(C)C(C)C1. The Labute approximate surface area is 101 Å². The summed E-state index contributed by atoms with van der Waals surface area (Å²) in [5.41, 5.74) is 0. The second-order valence-electron chi connectivity index (χ2n) is 6.39. The molecule has 0 aromatic carbocycles. The molecule has 2 aliphatic carbocycles. The molecule has 94 valence electrons. The summed E-state index contributed by atoms with van der Waals surface area (Å²) < 4.78 is 0. The summed E-state index contributed by atoms with van der Waals surface area (Å²) >= 11 is 0. The lowest BCUT2D eigenvalue weighted by atomic mass is 9.70. The molecule has 4 atom stereocenters. The van der Waals surface area contributed by atoms with E-state index in [0.717, 1.165) is 29.7 Å². The van der Waals surface area contributed by atoms with Crippen LogP contribution in [-0.2, 0) is 0 Å². The van der Waals surface area contributed by atoms with E-state index >= 15 is 0 Å². The first-order chi connectivity index (χ1) is 7.72. The van der Waals surface area contributed by atoms with Gasteiger partial charge in [0.15, 0.2) is 0 Å². The maximum Gasteiger partial charge on any atom is 0.0121 e. The van der Waals surface area contributed by atoms with E-state index in [9.17, 15) is 0 Å². The van der Waals surface area contributed by atoms with E-state index < -0.39 is 0 Å². The Balaban J connectivity index is 1.93. The van der Waals surface area contributed by atoms with E-state index in [4.69, 9.17) is 0 Å². The molecule has 0 aromatic heterocycles. The molecule has 0 aliphatic heterocycles. The van der Waals surface area contributed by atoms with E-state index in [-0.39, 0.29) is 0 Å². The van der Waals surface area contributed by atoms with Crippen LogP contribution in [0.25, 0.3) is 0 Å². The lowest BCUT2D eigenvalue weighted by molar-refractivity contribution is 0.146. The zero-order valence-electron chi connectivity index (χ0n) is 11.3. The Morgan fingerprint density at radius 3 is 2.12 bits per heavy atom. The van der Waals surface area contributed by atoms with Gasteiger partial charge in [0, 0.05) is 6.04 Å². The molecule has 1 heteroatoms. The third-order valence-electron chi connectivity index (χ3n) is 5.39. The number of hydrogen-bond donors (Lipinski definition) is 1. The smallest absolute Gasteiger partial charge is 0.0121 e. The molecule has 0 spiro atoms. The molecular formula is C15H29N. The quantitative estimate of drug-likeness (QED) is 0.766. The molecule has 4 unspecified atom stereocenters.